The summed E-state index contributed by atoms with van der Waals surface area (Å²) in [7, 11) is 0. The van der Waals surface area contributed by atoms with Gasteiger partial charge in [0.25, 0.3) is 0 Å². The molecule has 0 unspecified atom stereocenters. The van der Waals surface area contributed by atoms with Gasteiger partial charge in [0.2, 0.25) is 0 Å². The molecule has 2 heterocycles. The molecule has 3 nitrogen and oxygen atoms in total. The summed E-state index contributed by atoms with van der Waals surface area (Å²) in [5.41, 5.74) is 0. The van der Waals surface area contributed by atoms with Gasteiger partial charge in [-0.3, -0.25) is 9.58 Å². The van der Waals surface area contributed by atoms with Gasteiger partial charge in [0.15, 0.2) is 0 Å². The van der Waals surface area contributed by atoms with E-state index < -0.39 is 0 Å². The van der Waals surface area contributed by atoms with Crippen LogP contribution >= 0.6 is 0 Å². The molecule has 0 atom stereocenters. The summed E-state index contributed by atoms with van der Waals surface area (Å²) in [5, 5.41) is 4.24. The van der Waals surface area contributed by atoms with E-state index in [1.165, 1.54) is 32.4 Å². The van der Waals surface area contributed by atoms with E-state index in [9.17, 15) is 0 Å². The molecule has 3 heteroatoms. The van der Waals surface area contributed by atoms with E-state index in [2.05, 4.69) is 20.9 Å². The summed E-state index contributed by atoms with van der Waals surface area (Å²) in [6.07, 6.45) is 8.25. The van der Waals surface area contributed by atoms with Crippen LogP contribution < -0.4 is 0 Å². The molecular weight excluding hydrogens is 174 g/mol. The second-order valence-corrected chi connectivity index (χ2v) is 4.63. The number of nitrogens with zero attached hydrogens (tertiary/aromatic N) is 3. The molecule has 3 rings (SSSR count). The van der Waals surface area contributed by atoms with Crippen molar-refractivity contribution in [2.75, 3.05) is 13.1 Å². The Labute approximate surface area is 84.7 Å². The molecular formula is C11H17N3. The summed E-state index contributed by atoms with van der Waals surface area (Å²) in [5.74, 6) is 0.843. The average Bonchev–Trinajstić information content (AvgIpc) is 2.49. The van der Waals surface area contributed by atoms with Crippen LogP contribution in [0.3, 0.4) is 0 Å². The standard InChI is InChI=1S/C11H17N3/c1-3-11(4-1)13-7-10(8-13)9-14-6-2-5-12-14/h2,5-6,10-11H,1,3-4,7-9H2. The molecule has 1 aromatic heterocycles. The van der Waals surface area contributed by atoms with Crippen molar-refractivity contribution in [3.63, 3.8) is 0 Å². The highest BCUT2D eigenvalue weighted by Crippen LogP contribution is 2.31. The van der Waals surface area contributed by atoms with Crippen molar-refractivity contribution in [1.82, 2.24) is 14.7 Å². The van der Waals surface area contributed by atoms with Gasteiger partial charge in [0.05, 0.1) is 0 Å². The molecule has 1 saturated carbocycles. The van der Waals surface area contributed by atoms with Crippen LogP contribution in [0.4, 0.5) is 0 Å². The maximum absolute atomic E-state index is 4.24. The molecule has 2 fully saturated rings. The second kappa shape index (κ2) is 3.39. The molecule has 14 heavy (non-hydrogen) atoms. The number of hydrogen-bond donors (Lipinski definition) is 0. The first-order valence-corrected chi connectivity index (χ1v) is 5.63. The second-order valence-electron chi connectivity index (χ2n) is 4.63. The zero-order chi connectivity index (χ0) is 9.38. The van der Waals surface area contributed by atoms with E-state index in [-0.39, 0.29) is 0 Å². The quantitative estimate of drug-likeness (QED) is 0.719. The topological polar surface area (TPSA) is 21.1 Å². The molecule has 0 bridgehead atoms. The highest BCUT2D eigenvalue weighted by Gasteiger charge is 2.34. The molecule has 1 aliphatic heterocycles. The molecule has 0 radical (unpaired) electrons. The Morgan fingerprint density at radius 1 is 1.29 bits per heavy atom. The Morgan fingerprint density at radius 2 is 2.14 bits per heavy atom. The smallest absolute Gasteiger partial charge is 0.0489 e. The lowest BCUT2D eigenvalue weighted by atomic mass is 9.86. The van der Waals surface area contributed by atoms with Gasteiger partial charge in [-0.2, -0.15) is 5.10 Å². The Kier molecular flexibility index (Phi) is 2.05. The highest BCUT2D eigenvalue weighted by molar-refractivity contribution is 4.90. The number of likely N-dealkylation sites (tertiary alicyclic amines) is 1. The third-order valence-electron chi connectivity index (χ3n) is 3.58. The highest BCUT2D eigenvalue weighted by atomic mass is 15.3. The summed E-state index contributed by atoms with van der Waals surface area (Å²) in [6, 6.07) is 2.94. The molecule has 1 saturated heterocycles. The fourth-order valence-electron chi connectivity index (χ4n) is 2.45. The van der Waals surface area contributed by atoms with Crippen molar-refractivity contribution in [2.45, 2.75) is 31.8 Å². The van der Waals surface area contributed by atoms with E-state index in [0.717, 1.165) is 18.5 Å². The third-order valence-corrected chi connectivity index (χ3v) is 3.58. The van der Waals surface area contributed by atoms with E-state index in [1.807, 2.05) is 12.3 Å². The van der Waals surface area contributed by atoms with Gasteiger partial charge >= 0.3 is 0 Å². The summed E-state index contributed by atoms with van der Waals surface area (Å²) < 4.78 is 2.06. The van der Waals surface area contributed by atoms with Gasteiger partial charge in [0.1, 0.15) is 0 Å². The third kappa shape index (κ3) is 1.46. The van der Waals surface area contributed by atoms with Crippen molar-refractivity contribution in [3.8, 4) is 0 Å². The first-order chi connectivity index (χ1) is 6.92. The SMILES string of the molecule is c1cnn(CC2CN(C3CCC3)C2)c1. The van der Waals surface area contributed by atoms with Gasteiger partial charge in [-0.25, -0.2) is 0 Å². The van der Waals surface area contributed by atoms with Crippen LogP contribution in [0.2, 0.25) is 0 Å². The normalized spacial score (nSPS) is 24.6. The molecule has 1 aromatic rings. The molecule has 0 spiro atoms. The van der Waals surface area contributed by atoms with Crippen LogP contribution in [0, 0.1) is 5.92 Å². The van der Waals surface area contributed by atoms with Gasteiger partial charge in [0, 0.05) is 44.0 Å². The maximum Gasteiger partial charge on any atom is 0.0489 e. The lowest BCUT2D eigenvalue weighted by Gasteiger charge is -2.47. The minimum Gasteiger partial charge on any atom is -0.300 e. The Balaban J connectivity index is 1.45. The molecule has 76 valence electrons. The number of aromatic nitrogens is 2. The van der Waals surface area contributed by atoms with Gasteiger partial charge in [-0.15, -0.1) is 0 Å². The van der Waals surface area contributed by atoms with Crippen molar-refractivity contribution < 1.29 is 0 Å². The van der Waals surface area contributed by atoms with E-state index in [0.29, 0.717) is 0 Å². The minimum absolute atomic E-state index is 0.843. The maximum atomic E-state index is 4.24. The Morgan fingerprint density at radius 3 is 2.71 bits per heavy atom. The largest absolute Gasteiger partial charge is 0.300 e. The predicted octanol–water partition coefficient (Wildman–Crippen LogP) is 1.37. The van der Waals surface area contributed by atoms with Crippen LogP contribution in [-0.4, -0.2) is 33.8 Å². The molecule has 0 N–H and O–H groups in total. The molecule has 0 amide bonds. The van der Waals surface area contributed by atoms with Gasteiger partial charge in [-0.1, -0.05) is 6.42 Å². The summed E-state index contributed by atoms with van der Waals surface area (Å²) in [4.78, 5) is 2.64. The lowest BCUT2D eigenvalue weighted by Crippen LogP contribution is -2.55. The lowest BCUT2D eigenvalue weighted by molar-refractivity contribution is 0.00856. The monoisotopic (exact) mass is 191 g/mol. The van der Waals surface area contributed by atoms with Gasteiger partial charge < -0.3 is 0 Å². The van der Waals surface area contributed by atoms with Crippen LogP contribution in [0.25, 0.3) is 0 Å². The van der Waals surface area contributed by atoms with E-state index >= 15 is 0 Å². The fourth-order valence-corrected chi connectivity index (χ4v) is 2.45. The van der Waals surface area contributed by atoms with E-state index in [4.69, 9.17) is 0 Å². The van der Waals surface area contributed by atoms with Crippen molar-refractivity contribution in [3.05, 3.63) is 18.5 Å². The first kappa shape index (κ1) is 8.48. The first-order valence-electron chi connectivity index (χ1n) is 5.63. The summed E-state index contributed by atoms with van der Waals surface area (Å²) in [6.45, 7) is 3.70. The van der Waals surface area contributed by atoms with Crippen LogP contribution in [0.5, 0.6) is 0 Å². The Hall–Kier alpha value is -0.830. The zero-order valence-corrected chi connectivity index (χ0v) is 8.47. The fraction of sp³-hybridized carbons (Fsp3) is 0.727. The van der Waals surface area contributed by atoms with Crippen LogP contribution in [-0.2, 0) is 6.54 Å². The van der Waals surface area contributed by atoms with Crippen molar-refractivity contribution in [2.24, 2.45) is 5.92 Å². The van der Waals surface area contributed by atoms with Gasteiger partial charge in [-0.05, 0) is 18.9 Å². The van der Waals surface area contributed by atoms with Crippen molar-refractivity contribution >= 4 is 0 Å². The van der Waals surface area contributed by atoms with Crippen LogP contribution in [0.1, 0.15) is 19.3 Å². The van der Waals surface area contributed by atoms with E-state index in [1.54, 1.807) is 0 Å². The molecule has 1 aliphatic carbocycles. The van der Waals surface area contributed by atoms with Crippen LogP contribution in [0.15, 0.2) is 18.5 Å². The predicted molar refractivity (Wildman–Crippen MR) is 54.9 cm³/mol. The molecule has 0 aromatic carbocycles. The Bertz CT molecular complexity index is 283. The minimum atomic E-state index is 0.843. The molecule has 2 aliphatic rings. The number of hydrogen-bond acceptors (Lipinski definition) is 2. The number of rotatable bonds is 3. The average molecular weight is 191 g/mol. The summed E-state index contributed by atoms with van der Waals surface area (Å²) >= 11 is 0. The van der Waals surface area contributed by atoms with Crippen molar-refractivity contribution in [1.29, 1.82) is 0 Å². The zero-order valence-electron chi connectivity index (χ0n) is 8.47.